The molecule has 3 nitrogen and oxygen atoms in total. The van der Waals surface area contributed by atoms with Crippen LogP contribution in [-0.2, 0) is 0 Å². The normalized spacial score (nSPS) is 9.89. The second kappa shape index (κ2) is 3.03. The van der Waals surface area contributed by atoms with Gasteiger partial charge >= 0.3 is 0 Å². The van der Waals surface area contributed by atoms with Crippen molar-refractivity contribution in [1.29, 1.82) is 0 Å². The first-order valence-electron chi connectivity index (χ1n) is 2.55. The van der Waals surface area contributed by atoms with E-state index in [-0.39, 0.29) is 0 Å². The third-order valence-corrected chi connectivity index (χ3v) is 2.42. The van der Waals surface area contributed by atoms with E-state index in [9.17, 15) is 0 Å². The number of nitrogens with two attached hydrogens (primary N) is 1. The van der Waals surface area contributed by atoms with Crippen LogP contribution in [-0.4, -0.2) is 15.1 Å². The van der Waals surface area contributed by atoms with Gasteiger partial charge in [0.1, 0.15) is 0 Å². The minimum Gasteiger partial charge on any atom is -0.367 e. The molecular weight excluding hydrogens is 154 g/mol. The van der Waals surface area contributed by atoms with Gasteiger partial charge in [-0.1, -0.05) is 18.7 Å². The lowest BCUT2D eigenvalue weighted by Crippen LogP contribution is -1.84. The Hall–Kier alpha value is -0.290. The van der Waals surface area contributed by atoms with Crippen molar-refractivity contribution in [3.63, 3.8) is 0 Å². The highest BCUT2D eigenvalue weighted by atomic mass is 32.2. The summed E-state index contributed by atoms with van der Waals surface area (Å²) >= 11 is 3.01. The molecule has 0 saturated carbocycles. The Morgan fingerprint density at radius 1 is 1.78 bits per heavy atom. The molecule has 50 valence electrons. The first-order valence-corrected chi connectivity index (χ1v) is 4.31. The van der Waals surface area contributed by atoms with Crippen LogP contribution >= 0.6 is 23.3 Å². The van der Waals surface area contributed by atoms with Crippen molar-refractivity contribution in [2.24, 2.45) is 0 Å². The van der Waals surface area contributed by atoms with E-state index < -0.39 is 0 Å². The van der Waals surface area contributed by atoms with Crippen LogP contribution in [0.4, 0.5) is 5.95 Å². The molecule has 0 aliphatic carbocycles. The Morgan fingerprint density at radius 3 is 3.00 bits per heavy atom. The molecule has 0 atom stereocenters. The molecule has 2 N–H and O–H groups in total. The van der Waals surface area contributed by atoms with Gasteiger partial charge < -0.3 is 5.73 Å². The number of aromatic nitrogens is 2. The van der Waals surface area contributed by atoms with Crippen LogP contribution in [0.1, 0.15) is 6.92 Å². The third-order valence-electron chi connectivity index (χ3n) is 0.691. The molecule has 0 aliphatic heterocycles. The molecule has 0 amide bonds. The summed E-state index contributed by atoms with van der Waals surface area (Å²) in [6.45, 7) is 2.07. The van der Waals surface area contributed by atoms with E-state index in [1.807, 2.05) is 0 Å². The summed E-state index contributed by atoms with van der Waals surface area (Å²) < 4.78 is 4.78. The Morgan fingerprint density at radius 2 is 2.56 bits per heavy atom. The zero-order valence-electron chi connectivity index (χ0n) is 5.00. The van der Waals surface area contributed by atoms with E-state index in [1.54, 1.807) is 11.8 Å². The molecule has 0 saturated heterocycles. The zero-order chi connectivity index (χ0) is 6.69. The van der Waals surface area contributed by atoms with Gasteiger partial charge in [0.05, 0.1) is 0 Å². The minimum atomic E-state index is 0.385. The average Bonchev–Trinajstić information content (AvgIpc) is 2.17. The molecule has 0 unspecified atom stereocenters. The largest absolute Gasteiger partial charge is 0.367 e. The fourth-order valence-electron chi connectivity index (χ4n) is 0.402. The maximum atomic E-state index is 5.28. The number of nitrogen functional groups attached to an aromatic ring is 1. The third kappa shape index (κ3) is 1.83. The molecule has 0 bridgehead atoms. The lowest BCUT2D eigenvalue weighted by Gasteiger charge is -1.83. The number of hydrogen-bond acceptors (Lipinski definition) is 5. The van der Waals surface area contributed by atoms with Crippen molar-refractivity contribution in [2.45, 2.75) is 11.3 Å². The number of thioether (sulfide) groups is 1. The van der Waals surface area contributed by atoms with Gasteiger partial charge in [0, 0.05) is 0 Å². The molecule has 0 fully saturated rings. The van der Waals surface area contributed by atoms with Crippen LogP contribution in [0, 0.1) is 0 Å². The molecule has 0 radical (unpaired) electrons. The van der Waals surface area contributed by atoms with E-state index in [4.69, 9.17) is 5.73 Å². The predicted octanol–water partition coefficient (Wildman–Crippen LogP) is 1.23. The van der Waals surface area contributed by atoms with Crippen molar-refractivity contribution in [1.82, 2.24) is 9.36 Å². The van der Waals surface area contributed by atoms with Gasteiger partial charge in [-0.25, -0.2) is 0 Å². The second-order valence-electron chi connectivity index (χ2n) is 1.35. The van der Waals surface area contributed by atoms with Crippen LogP contribution in [0.3, 0.4) is 0 Å². The quantitative estimate of drug-likeness (QED) is 0.663. The van der Waals surface area contributed by atoms with Crippen LogP contribution in [0.2, 0.25) is 0 Å². The van der Waals surface area contributed by atoms with E-state index in [0.717, 1.165) is 10.1 Å². The predicted molar refractivity (Wildman–Crippen MR) is 40.7 cm³/mol. The maximum Gasteiger partial charge on any atom is 0.232 e. The Balaban J connectivity index is 2.61. The summed E-state index contributed by atoms with van der Waals surface area (Å²) in [6.07, 6.45) is 0. The van der Waals surface area contributed by atoms with E-state index >= 15 is 0 Å². The van der Waals surface area contributed by atoms with Gasteiger partial charge in [-0.15, -0.1) is 0 Å². The van der Waals surface area contributed by atoms with Crippen molar-refractivity contribution in [3.8, 4) is 0 Å². The summed E-state index contributed by atoms with van der Waals surface area (Å²) in [5, 5.41) is 0. The molecule has 0 aromatic carbocycles. The molecule has 9 heavy (non-hydrogen) atoms. The lowest BCUT2D eigenvalue weighted by atomic mass is 11.0. The standard InChI is InChI=1S/C4H7N3S2/c1-2-8-4-6-3(5)7-9-4/h2H2,1H3,(H2,5,7). The number of anilines is 1. The number of rotatable bonds is 2. The monoisotopic (exact) mass is 161 g/mol. The highest BCUT2D eigenvalue weighted by molar-refractivity contribution is 8.00. The fraction of sp³-hybridized carbons (Fsp3) is 0.500. The minimum absolute atomic E-state index is 0.385. The van der Waals surface area contributed by atoms with Gasteiger partial charge in [-0.3, -0.25) is 0 Å². The molecule has 1 aromatic rings. The SMILES string of the molecule is CCSc1nc(N)ns1. The topological polar surface area (TPSA) is 51.8 Å². The second-order valence-corrected chi connectivity index (χ2v) is 3.61. The zero-order valence-corrected chi connectivity index (χ0v) is 6.63. The maximum absolute atomic E-state index is 5.28. The Kier molecular flexibility index (Phi) is 2.29. The molecule has 0 aliphatic rings. The lowest BCUT2D eigenvalue weighted by molar-refractivity contribution is 1.23. The molecule has 1 heterocycles. The number of hydrogen-bond donors (Lipinski definition) is 1. The molecule has 1 aromatic heterocycles. The Labute approximate surface area is 61.8 Å². The van der Waals surface area contributed by atoms with Gasteiger partial charge in [0.2, 0.25) is 5.95 Å². The molecule has 0 spiro atoms. The van der Waals surface area contributed by atoms with Gasteiger partial charge in [0.15, 0.2) is 4.34 Å². The number of nitrogens with zero attached hydrogens (tertiary/aromatic N) is 2. The summed E-state index contributed by atoms with van der Waals surface area (Å²) in [5.74, 6) is 1.41. The first-order chi connectivity index (χ1) is 4.33. The van der Waals surface area contributed by atoms with E-state index in [2.05, 4.69) is 16.3 Å². The molecular formula is C4H7N3S2. The summed E-state index contributed by atoms with van der Waals surface area (Å²) in [5.41, 5.74) is 5.28. The van der Waals surface area contributed by atoms with E-state index in [1.165, 1.54) is 11.5 Å². The van der Waals surface area contributed by atoms with E-state index in [0.29, 0.717) is 5.95 Å². The van der Waals surface area contributed by atoms with Crippen molar-refractivity contribution in [3.05, 3.63) is 0 Å². The van der Waals surface area contributed by atoms with Crippen LogP contribution in [0.25, 0.3) is 0 Å². The summed E-state index contributed by atoms with van der Waals surface area (Å²) in [7, 11) is 0. The summed E-state index contributed by atoms with van der Waals surface area (Å²) in [6, 6.07) is 0. The van der Waals surface area contributed by atoms with Crippen molar-refractivity contribution < 1.29 is 0 Å². The van der Waals surface area contributed by atoms with Gasteiger partial charge in [-0.05, 0) is 17.3 Å². The van der Waals surface area contributed by atoms with Gasteiger partial charge in [0.25, 0.3) is 0 Å². The highest BCUT2D eigenvalue weighted by Crippen LogP contribution is 2.19. The van der Waals surface area contributed by atoms with Crippen molar-refractivity contribution >= 4 is 29.2 Å². The van der Waals surface area contributed by atoms with Gasteiger partial charge in [-0.2, -0.15) is 9.36 Å². The summed E-state index contributed by atoms with van der Waals surface area (Å²) in [4.78, 5) is 3.95. The fourth-order valence-corrected chi connectivity index (χ4v) is 1.83. The Bertz CT molecular complexity index is 186. The van der Waals surface area contributed by atoms with Crippen molar-refractivity contribution in [2.75, 3.05) is 11.5 Å². The molecule has 5 heteroatoms. The van der Waals surface area contributed by atoms with Crippen LogP contribution < -0.4 is 5.73 Å². The van der Waals surface area contributed by atoms with Crippen LogP contribution in [0.5, 0.6) is 0 Å². The molecule has 1 rings (SSSR count). The average molecular weight is 161 g/mol. The van der Waals surface area contributed by atoms with Crippen LogP contribution in [0.15, 0.2) is 4.34 Å². The highest BCUT2D eigenvalue weighted by Gasteiger charge is 1.97. The first kappa shape index (κ1) is 6.82. The smallest absolute Gasteiger partial charge is 0.232 e.